The number of amides is 1. The Bertz CT molecular complexity index is 1820. The first kappa shape index (κ1) is 87.9. The average Bonchev–Trinajstić information content (AvgIpc) is 0.985. The second kappa shape index (κ2) is 70.2. The Morgan fingerprint density at radius 3 is 1.17 bits per heavy atom. The zero-order chi connectivity index (χ0) is 67.2. The van der Waals surface area contributed by atoms with Crippen LogP contribution < -0.4 is 5.32 Å². The summed E-state index contributed by atoms with van der Waals surface area (Å²) in [6, 6.07) is -0.834. The second-order valence-corrected chi connectivity index (χ2v) is 27.0. The third-order valence-electron chi connectivity index (χ3n) is 18.2. The topological polar surface area (TPSA) is 175 Å². The lowest BCUT2D eigenvalue weighted by molar-refractivity contribution is -0.302. The van der Waals surface area contributed by atoms with E-state index in [0.717, 1.165) is 83.5 Å². The largest absolute Gasteiger partial charge is 0.466 e. The van der Waals surface area contributed by atoms with Gasteiger partial charge in [-0.1, -0.05) is 317 Å². The quantitative estimate of drug-likeness (QED) is 0.0195. The van der Waals surface area contributed by atoms with Crippen LogP contribution in [-0.4, -0.2) is 100 Å². The molecule has 7 unspecified atom stereocenters. The third kappa shape index (κ3) is 58.7. The van der Waals surface area contributed by atoms with Crippen LogP contribution in [0.1, 0.15) is 361 Å². The fourth-order valence-corrected chi connectivity index (χ4v) is 12.0. The molecule has 0 bridgehead atoms. The van der Waals surface area contributed by atoms with E-state index < -0.39 is 49.5 Å². The molecule has 0 radical (unpaired) electrons. The van der Waals surface area contributed by atoms with Gasteiger partial charge in [0.2, 0.25) is 5.91 Å². The maximum Gasteiger partial charge on any atom is 0.305 e. The van der Waals surface area contributed by atoms with Crippen molar-refractivity contribution < 1.29 is 49.3 Å². The first-order chi connectivity index (χ1) is 45.7. The number of rotatable bonds is 69. The van der Waals surface area contributed by atoms with Crippen LogP contribution in [0, 0.1) is 0 Å². The summed E-state index contributed by atoms with van der Waals surface area (Å²) in [6.07, 6.45) is 87.6. The monoisotopic (exact) mass is 1310 g/mol. The Balaban J connectivity index is 1.92. The van der Waals surface area contributed by atoms with Crippen LogP contribution in [0.15, 0.2) is 85.1 Å². The van der Waals surface area contributed by atoms with E-state index in [4.69, 9.17) is 14.2 Å². The smallest absolute Gasteiger partial charge is 0.305 e. The molecular weight excluding hydrogens is 1160 g/mol. The van der Waals surface area contributed by atoms with Gasteiger partial charge >= 0.3 is 5.97 Å². The number of nitrogens with one attached hydrogen (secondary N) is 1. The number of hydrogen-bond donors (Lipinski definition) is 6. The number of aliphatic hydroxyl groups excluding tert-OH is 5. The predicted octanol–water partition coefficient (Wildman–Crippen LogP) is 21.2. The molecule has 93 heavy (non-hydrogen) atoms. The molecule has 1 heterocycles. The standard InChI is InChI=1S/C82H147NO10/c1-3-5-7-9-11-13-15-44-48-52-56-60-64-68-75(85)74(73-92-82-81(90)80(89)79(88)76(72-84)93-82)83-77(86)69-65-61-57-53-49-46-42-40-38-36-34-32-30-28-26-24-22-20-18-17-19-21-23-25-27-29-31-33-35-37-39-41-43-47-51-55-59-63-67-71-91-78(87)70-66-62-58-54-50-45-16-14-12-10-8-6-4-2/h8,10-11,13-14,16-18,21,23,48,52,64,68,74-76,79-82,84-85,88-90H,3-7,9,12,15,19-20,22,24-47,49-51,53-63,65-67,69-73H2,1-2H3,(H,83,86)/b10-8-,13-11+,16-14-,18-17-,23-21-,52-48+,68-64+. The molecule has 0 aromatic heterocycles. The van der Waals surface area contributed by atoms with Crippen LogP contribution in [0.25, 0.3) is 0 Å². The maximum atomic E-state index is 13.1. The molecule has 0 aromatic rings. The van der Waals surface area contributed by atoms with Crippen molar-refractivity contribution in [2.45, 2.75) is 403 Å². The molecule has 1 amide bonds. The maximum absolute atomic E-state index is 13.1. The highest BCUT2D eigenvalue weighted by Crippen LogP contribution is 2.23. The van der Waals surface area contributed by atoms with Crippen molar-refractivity contribution >= 4 is 11.9 Å². The molecule has 1 fully saturated rings. The van der Waals surface area contributed by atoms with Gasteiger partial charge in [-0.3, -0.25) is 9.59 Å². The summed E-state index contributed by atoms with van der Waals surface area (Å²) < 4.78 is 16.7. The van der Waals surface area contributed by atoms with Crippen molar-refractivity contribution in [3.05, 3.63) is 85.1 Å². The molecule has 0 spiro atoms. The Morgan fingerprint density at radius 2 is 0.753 bits per heavy atom. The lowest BCUT2D eigenvalue weighted by Crippen LogP contribution is -2.60. The number of ether oxygens (including phenoxy) is 3. The van der Waals surface area contributed by atoms with Crippen LogP contribution in [0.2, 0.25) is 0 Å². The normalized spacial score (nSPS) is 17.9. The predicted molar refractivity (Wildman–Crippen MR) is 393 cm³/mol. The minimum atomic E-state index is -1.58. The zero-order valence-electron chi connectivity index (χ0n) is 60.2. The van der Waals surface area contributed by atoms with Crippen molar-refractivity contribution in [1.29, 1.82) is 0 Å². The molecule has 1 rings (SSSR count). The van der Waals surface area contributed by atoms with Gasteiger partial charge in [0.1, 0.15) is 24.4 Å². The lowest BCUT2D eigenvalue weighted by atomic mass is 9.99. The highest BCUT2D eigenvalue weighted by molar-refractivity contribution is 5.76. The average molecular weight is 1310 g/mol. The Hall–Kier alpha value is -3.16. The molecule has 0 saturated carbocycles. The number of unbranched alkanes of at least 4 members (excludes halogenated alkanes) is 43. The number of aliphatic hydroxyl groups is 5. The van der Waals surface area contributed by atoms with Gasteiger partial charge in [0.05, 0.1) is 32.0 Å². The molecule has 11 heteroatoms. The molecule has 11 nitrogen and oxygen atoms in total. The summed E-state index contributed by atoms with van der Waals surface area (Å²) in [4.78, 5) is 25.1. The minimum Gasteiger partial charge on any atom is -0.466 e. The molecule has 6 N–H and O–H groups in total. The van der Waals surface area contributed by atoms with Gasteiger partial charge in [0, 0.05) is 12.8 Å². The van der Waals surface area contributed by atoms with E-state index in [1.54, 1.807) is 6.08 Å². The molecule has 1 aliphatic rings. The Morgan fingerprint density at radius 1 is 0.398 bits per heavy atom. The van der Waals surface area contributed by atoms with E-state index in [2.05, 4.69) is 92.1 Å². The van der Waals surface area contributed by atoms with Crippen molar-refractivity contribution in [3.63, 3.8) is 0 Å². The highest BCUT2D eigenvalue weighted by Gasteiger charge is 2.44. The van der Waals surface area contributed by atoms with E-state index in [9.17, 15) is 35.1 Å². The van der Waals surface area contributed by atoms with Crippen molar-refractivity contribution in [2.24, 2.45) is 0 Å². The van der Waals surface area contributed by atoms with Crippen LogP contribution in [0.5, 0.6) is 0 Å². The highest BCUT2D eigenvalue weighted by atomic mass is 16.7. The minimum absolute atomic E-state index is 0.00147. The molecule has 1 aliphatic heterocycles. The molecule has 0 aliphatic carbocycles. The van der Waals surface area contributed by atoms with Crippen LogP contribution in [0.4, 0.5) is 0 Å². The van der Waals surface area contributed by atoms with Crippen molar-refractivity contribution in [2.75, 3.05) is 19.8 Å². The van der Waals surface area contributed by atoms with E-state index in [1.807, 2.05) is 6.08 Å². The van der Waals surface area contributed by atoms with E-state index in [1.165, 1.54) is 250 Å². The van der Waals surface area contributed by atoms with Crippen LogP contribution >= 0.6 is 0 Å². The number of carbonyl (C=O) groups is 2. The van der Waals surface area contributed by atoms with E-state index in [-0.39, 0.29) is 18.5 Å². The third-order valence-corrected chi connectivity index (χ3v) is 18.2. The Kier molecular flexibility index (Phi) is 66.3. The van der Waals surface area contributed by atoms with Crippen LogP contribution in [-0.2, 0) is 23.8 Å². The molecular formula is C82H147NO10. The zero-order valence-corrected chi connectivity index (χ0v) is 60.2. The summed E-state index contributed by atoms with van der Waals surface area (Å²) in [6.45, 7) is 4.25. The lowest BCUT2D eigenvalue weighted by Gasteiger charge is -2.40. The first-order valence-corrected chi connectivity index (χ1v) is 39.4. The molecule has 7 atom stereocenters. The number of esters is 1. The second-order valence-electron chi connectivity index (χ2n) is 27.0. The number of hydrogen-bond acceptors (Lipinski definition) is 10. The van der Waals surface area contributed by atoms with Gasteiger partial charge in [0.25, 0.3) is 0 Å². The van der Waals surface area contributed by atoms with Gasteiger partial charge in [-0.25, -0.2) is 0 Å². The fraction of sp³-hybridized carbons (Fsp3) is 0.805. The Labute approximate surface area is 572 Å². The van der Waals surface area contributed by atoms with E-state index >= 15 is 0 Å². The number of carbonyl (C=O) groups excluding carboxylic acids is 2. The van der Waals surface area contributed by atoms with E-state index in [0.29, 0.717) is 19.4 Å². The summed E-state index contributed by atoms with van der Waals surface area (Å²) in [5, 5.41) is 54.5. The molecule has 0 aromatic carbocycles. The summed E-state index contributed by atoms with van der Waals surface area (Å²) in [5.41, 5.74) is 0. The van der Waals surface area contributed by atoms with Gasteiger partial charge in [-0.05, 0) is 116 Å². The summed E-state index contributed by atoms with van der Waals surface area (Å²) >= 11 is 0. The van der Waals surface area contributed by atoms with Gasteiger partial charge in [0.15, 0.2) is 6.29 Å². The first-order valence-electron chi connectivity index (χ1n) is 39.4. The van der Waals surface area contributed by atoms with Crippen LogP contribution in [0.3, 0.4) is 0 Å². The van der Waals surface area contributed by atoms with Gasteiger partial charge < -0.3 is 45.1 Å². The summed E-state index contributed by atoms with van der Waals surface area (Å²) in [5.74, 6) is -0.195. The number of allylic oxidation sites excluding steroid dienone is 13. The fourth-order valence-electron chi connectivity index (χ4n) is 12.0. The molecule has 540 valence electrons. The van der Waals surface area contributed by atoms with Gasteiger partial charge in [-0.2, -0.15) is 0 Å². The van der Waals surface area contributed by atoms with Crippen molar-refractivity contribution in [3.8, 4) is 0 Å². The van der Waals surface area contributed by atoms with Gasteiger partial charge in [-0.15, -0.1) is 0 Å². The SMILES string of the molecule is CCC/C=C\C/C=C\CCCCCCCC(=O)OCCCCCCCCCCCCCCCCC/C=C\C/C=C\CCCCCCCCCCCCCCCCCCCC(=O)NC(COC1OC(CO)C(O)C(O)C1O)C(O)/C=C/CC/C=C/CC/C=C/CCCCC. The van der Waals surface area contributed by atoms with Crippen molar-refractivity contribution in [1.82, 2.24) is 5.32 Å². The molecule has 1 saturated heterocycles. The summed E-state index contributed by atoms with van der Waals surface area (Å²) in [7, 11) is 0.